The summed E-state index contributed by atoms with van der Waals surface area (Å²) in [6.07, 6.45) is 1.55. The second kappa shape index (κ2) is 11.7. The van der Waals surface area contributed by atoms with Crippen molar-refractivity contribution in [3.8, 4) is 11.5 Å². The summed E-state index contributed by atoms with van der Waals surface area (Å²) in [6, 6.07) is 10.4. The van der Waals surface area contributed by atoms with E-state index in [1.807, 2.05) is 12.1 Å². The molecule has 0 bridgehead atoms. The quantitative estimate of drug-likeness (QED) is 0.501. The van der Waals surface area contributed by atoms with Gasteiger partial charge in [-0.1, -0.05) is 27.5 Å². The minimum Gasteiger partial charge on any atom is -0.493 e. The topological polar surface area (TPSA) is 76.7 Å². The van der Waals surface area contributed by atoms with Gasteiger partial charge < -0.3 is 20.1 Å². The van der Waals surface area contributed by atoms with E-state index >= 15 is 0 Å². The Kier molecular flexibility index (Phi) is 9.28. The summed E-state index contributed by atoms with van der Waals surface area (Å²) in [5.41, 5.74) is 1.55. The summed E-state index contributed by atoms with van der Waals surface area (Å²) in [5, 5.41) is 6.27. The van der Waals surface area contributed by atoms with E-state index in [4.69, 9.17) is 21.1 Å². The number of carbonyl (C=O) groups excluding carboxylic acids is 2. The highest BCUT2D eigenvalue weighted by atomic mass is 79.9. The van der Waals surface area contributed by atoms with Gasteiger partial charge in [0, 0.05) is 34.6 Å². The molecule has 0 aliphatic heterocycles. The van der Waals surface area contributed by atoms with Gasteiger partial charge in [0.05, 0.1) is 14.2 Å². The first kappa shape index (κ1) is 23.0. The molecular weight excluding hydrogens is 460 g/mol. The van der Waals surface area contributed by atoms with E-state index in [1.165, 1.54) is 0 Å². The van der Waals surface area contributed by atoms with Crippen LogP contribution in [0, 0.1) is 0 Å². The van der Waals surface area contributed by atoms with Gasteiger partial charge in [-0.15, -0.1) is 0 Å². The number of carbonyl (C=O) groups is 2. The van der Waals surface area contributed by atoms with Gasteiger partial charge in [-0.3, -0.25) is 9.59 Å². The maximum atomic E-state index is 12.0. The van der Waals surface area contributed by atoms with E-state index in [2.05, 4.69) is 26.6 Å². The predicted octanol–water partition coefficient (Wildman–Crippen LogP) is 3.99. The number of benzene rings is 2. The monoisotopic (exact) mass is 482 g/mol. The average molecular weight is 484 g/mol. The van der Waals surface area contributed by atoms with Crippen LogP contribution in [0.2, 0.25) is 5.02 Å². The first-order valence-electron chi connectivity index (χ1n) is 9.15. The molecule has 0 aliphatic carbocycles. The predicted molar refractivity (Wildman–Crippen MR) is 117 cm³/mol. The number of hydrogen-bond acceptors (Lipinski definition) is 4. The normalized spacial score (nSPS) is 10.3. The molecule has 156 valence electrons. The zero-order valence-corrected chi connectivity index (χ0v) is 18.7. The summed E-state index contributed by atoms with van der Waals surface area (Å²) >= 11 is 9.32. The summed E-state index contributed by atoms with van der Waals surface area (Å²) < 4.78 is 11.5. The molecule has 2 aromatic rings. The molecule has 0 unspecified atom stereocenters. The Hall–Kier alpha value is -2.25. The van der Waals surface area contributed by atoms with Crippen LogP contribution < -0.4 is 20.1 Å². The molecule has 0 saturated heterocycles. The molecule has 2 rings (SSSR count). The second-order valence-electron chi connectivity index (χ2n) is 6.26. The highest BCUT2D eigenvalue weighted by molar-refractivity contribution is 9.10. The van der Waals surface area contributed by atoms with E-state index in [1.54, 1.807) is 38.5 Å². The van der Waals surface area contributed by atoms with Gasteiger partial charge in [0.25, 0.3) is 5.91 Å². The van der Waals surface area contributed by atoms with Crippen molar-refractivity contribution in [1.29, 1.82) is 0 Å². The number of nitrogens with one attached hydrogen (secondary N) is 2. The van der Waals surface area contributed by atoms with Crippen molar-refractivity contribution in [2.75, 3.05) is 27.3 Å². The standard InChI is InChI=1S/C21H24BrClN2O4/c1-28-18-12-15(17(22)13-19(18)29-2)9-11-24-20(26)4-3-10-25-21(27)14-5-7-16(23)8-6-14/h5-8,12-13H,3-4,9-11H2,1-2H3,(H,24,26)(H,25,27). The van der Waals surface area contributed by atoms with Crippen molar-refractivity contribution in [2.24, 2.45) is 0 Å². The van der Waals surface area contributed by atoms with Crippen molar-refractivity contribution in [1.82, 2.24) is 10.6 Å². The van der Waals surface area contributed by atoms with Gasteiger partial charge in [0.15, 0.2) is 11.5 Å². The largest absolute Gasteiger partial charge is 0.493 e. The molecule has 0 fully saturated rings. The van der Waals surface area contributed by atoms with Crippen LogP contribution in [0.5, 0.6) is 11.5 Å². The molecule has 0 spiro atoms. The number of amides is 2. The van der Waals surface area contributed by atoms with Gasteiger partial charge in [-0.05, 0) is 54.8 Å². The number of hydrogen-bond donors (Lipinski definition) is 2. The molecule has 0 aromatic heterocycles. The third kappa shape index (κ3) is 7.25. The number of methoxy groups -OCH3 is 2. The van der Waals surface area contributed by atoms with Crippen LogP contribution in [0.1, 0.15) is 28.8 Å². The summed E-state index contributed by atoms with van der Waals surface area (Å²) in [6.45, 7) is 0.931. The fraction of sp³-hybridized carbons (Fsp3) is 0.333. The smallest absolute Gasteiger partial charge is 0.251 e. The summed E-state index contributed by atoms with van der Waals surface area (Å²) in [5.74, 6) is 1.06. The highest BCUT2D eigenvalue weighted by Crippen LogP contribution is 2.33. The van der Waals surface area contributed by atoms with Gasteiger partial charge in [0.2, 0.25) is 5.91 Å². The number of ether oxygens (including phenoxy) is 2. The van der Waals surface area contributed by atoms with E-state index in [0.717, 1.165) is 10.0 Å². The van der Waals surface area contributed by atoms with E-state index in [9.17, 15) is 9.59 Å². The Labute approximate surface area is 184 Å². The van der Waals surface area contributed by atoms with Gasteiger partial charge in [0.1, 0.15) is 0 Å². The maximum absolute atomic E-state index is 12.0. The highest BCUT2D eigenvalue weighted by Gasteiger charge is 2.10. The average Bonchev–Trinajstić information content (AvgIpc) is 2.72. The van der Waals surface area contributed by atoms with E-state index in [-0.39, 0.29) is 11.8 Å². The Morgan fingerprint density at radius 3 is 2.31 bits per heavy atom. The maximum Gasteiger partial charge on any atom is 0.251 e. The summed E-state index contributed by atoms with van der Waals surface area (Å²) in [7, 11) is 3.17. The van der Waals surface area contributed by atoms with E-state index in [0.29, 0.717) is 54.4 Å². The first-order chi connectivity index (χ1) is 13.9. The fourth-order valence-corrected chi connectivity index (χ4v) is 3.31. The Morgan fingerprint density at radius 1 is 1.00 bits per heavy atom. The van der Waals surface area contributed by atoms with Crippen LogP contribution in [0.25, 0.3) is 0 Å². The Balaban J connectivity index is 1.68. The molecule has 0 heterocycles. The van der Waals surface area contributed by atoms with Crippen molar-refractivity contribution in [3.63, 3.8) is 0 Å². The van der Waals surface area contributed by atoms with Crippen LogP contribution in [-0.4, -0.2) is 39.1 Å². The third-order valence-corrected chi connectivity index (χ3v) is 5.23. The lowest BCUT2D eigenvalue weighted by Crippen LogP contribution is -2.28. The molecule has 2 N–H and O–H groups in total. The van der Waals surface area contributed by atoms with E-state index < -0.39 is 0 Å². The van der Waals surface area contributed by atoms with Gasteiger partial charge in [-0.2, -0.15) is 0 Å². The Morgan fingerprint density at radius 2 is 1.66 bits per heavy atom. The van der Waals surface area contributed by atoms with Crippen LogP contribution in [-0.2, 0) is 11.2 Å². The first-order valence-corrected chi connectivity index (χ1v) is 10.3. The second-order valence-corrected chi connectivity index (χ2v) is 7.56. The van der Waals surface area contributed by atoms with Crippen LogP contribution in [0.3, 0.4) is 0 Å². The van der Waals surface area contributed by atoms with Gasteiger partial charge in [-0.25, -0.2) is 0 Å². The zero-order valence-electron chi connectivity index (χ0n) is 16.4. The molecule has 0 radical (unpaired) electrons. The molecule has 8 heteroatoms. The Bertz CT molecular complexity index is 843. The molecule has 0 saturated carbocycles. The molecule has 2 aromatic carbocycles. The minimum atomic E-state index is -0.180. The summed E-state index contributed by atoms with van der Waals surface area (Å²) in [4.78, 5) is 24.0. The third-order valence-electron chi connectivity index (χ3n) is 4.24. The molecule has 29 heavy (non-hydrogen) atoms. The van der Waals surface area contributed by atoms with Crippen molar-refractivity contribution >= 4 is 39.3 Å². The molecule has 6 nitrogen and oxygen atoms in total. The fourth-order valence-electron chi connectivity index (χ4n) is 2.67. The van der Waals surface area contributed by atoms with Crippen LogP contribution in [0.15, 0.2) is 40.9 Å². The van der Waals surface area contributed by atoms with Crippen molar-refractivity contribution in [3.05, 3.63) is 57.0 Å². The van der Waals surface area contributed by atoms with Crippen molar-refractivity contribution < 1.29 is 19.1 Å². The minimum absolute atomic E-state index is 0.0534. The molecule has 0 aliphatic rings. The molecule has 0 atom stereocenters. The molecule has 2 amide bonds. The SMILES string of the molecule is COc1cc(Br)c(CCNC(=O)CCCNC(=O)c2ccc(Cl)cc2)cc1OC. The van der Waals surface area contributed by atoms with Crippen LogP contribution >= 0.6 is 27.5 Å². The lowest BCUT2D eigenvalue weighted by Gasteiger charge is -2.12. The number of rotatable bonds is 10. The van der Waals surface area contributed by atoms with Gasteiger partial charge >= 0.3 is 0 Å². The molecular formula is C21H24BrClN2O4. The lowest BCUT2D eigenvalue weighted by atomic mass is 10.1. The lowest BCUT2D eigenvalue weighted by molar-refractivity contribution is -0.121. The van der Waals surface area contributed by atoms with Crippen molar-refractivity contribution in [2.45, 2.75) is 19.3 Å². The zero-order chi connectivity index (χ0) is 21.2. The number of halogens is 2. The van der Waals surface area contributed by atoms with Crippen LogP contribution in [0.4, 0.5) is 0 Å².